The minimum atomic E-state index is 0.229. The molecule has 0 aliphatic rings. The van der Waals surface area contributed by atoms with Crippen molar-refractivity contribution in [2.24, 2.45) is 5.92 Å². The van der Waals surface area contributed by atoms with Crippen LogP contribution in [0.25, 0.3) is 6.08 Å². The van der Waals surface area contributed by atoms with Gasteiger partial charge in [-0.1, -0.05) is 13.8 Å². The monoisotopic (exact) mass is 176 g/mol. The Hall–Kier alpha value is -1.51. The Balaban J connectivity index is 2.92. The summed E-state index contributed by atoms with van der Waals surface area (Å²) in [4.78, 5) is 18.4. The molecular weight excluding hydrogens is 164 g/mol. The summed E-state index contributed by atoms with van der Waals surface area (Å²) in [7, 11) is 0. The van der Waals surface area contributed by atoms with E-state index in [9.17, 15) is 4.79 Å². The van der Waals surface area contributed by atoms with E-state index in [1.54, 1.807) is 18.3 Å². The molecule has 0 saturated heterocycles. The third kappa shape index (κ3) is 2.78. The van der Waals surface area contributed by atoms with E-state index in [2.05, 4.69) is 9.97 Å². The van der Waals surface area contributed by atoms with Crippen LogP contribution in [0.5, 0.6) is 0 Å². The first-order valence-electron chi connectivity index (χ1n) is 4.17. The van der Waals surface area contributed by atoms with Crippen LogP contribution in [0.1, 0.15) is 19.5 Å². The number of nitrogens with zero attached hydrogens (tertiary/aromatic N) is 2. The summed E-state index contributed by atoms with van der Waals surface area (Å²) in [6, 6.07) is 1.77. The fraction of sp³-hybridized carbons (Fsp3) is 0.300. The second-order valence-corrected chi connectivity index (χ2v) is 3.05. The van der Waals surface area contributed by atoms with Gasteiger partial charge in [0.1, 0.15) is 12.6 Å². The minimum Gasteiger partial charge on any atom is -0.298 e. The van der Waals surface area contributed by atoms with Crippen LogP contribution >= 0.6 is 0 Å². The van der Waals surface area contributed by atoms with Gasteiger partial charge in [0, 0.05) is 6.20 Å². The van der Waals surface area contributed by atoms with Crippen molar-refractivity contribution in [3.63, 3.8) is 0 Å². The van der Waals surface area contributed by atoms with Gasteiger partial charge in [0.15, 0.2) is 0 Å². The quantitative estimate of drug-likeness (QED) is 0.520. The van der Waals surface area contributed by atoms with Crippen molar-refractivity contribution in [1.29, 1.82) is 0 Å². The van der Waals surface area contributed by atoms with Gasteiger partial charge in [0.2, 0.25) is 0 Å². The molecule has 1 aromatic rings. The first-order valence-corrected chi connectivity index (χ1v) is 4.17. The fourth-order valence-corrected chi connectivity index (χ4v) is 0.894. The van der Waals surface area contributed by atoms with E-state index in [1.165, 1.54) is 6.33 Å². The molecule has 13 heavy (non-hydrogen) atoms. The van der Waals surface area contributed by atoms with E-state index in [0.717, 1.165) is 17.6 Å². The average molecular weight is 176 g/mol. The van der Waals surface area contributed by atoms with E-state index in [0.29, 0.717) is 0 Å². The molecule has 0 amide bonds. The first-order chi connectivity index (χ1) is 6.24. The molecule has 3 heteroatoms. The van der Waals surface area contributed by atoms with E-state index < -0.39 is 0 Å². The van der Waals surface area contributed by atoms with Gasteiger partial charge >= 0.3 is 0 Å². The van der Waals surface area contributed by atoms with Gasteiger partial charge in [-0.3, -0.25) is 4.79 Å². The van der Waals surface area contributed by atoms with Gasteiger partial charge in [0.05, 0.1) is 5.69 Å². The second-order valence-electron chi connectivity index (χ2n) is 3.05. The molecule has 0 spiro atoms. The highest BCUT2D eigenvalue weighted by Gasteiger charge is 2.01. The van der Waals surface area contributed by atoms with Crippen molar-refractivity contribution in [3.05, 3.63) is 29.9 Å². The zero-order valence-electron chi connectivity index (χ0n) is 7.77. The predicted octanol–water partition coefficient (Wildman–Crippen LogP) is 1.71. The van der Waals surface area contributed by atoms with E-state index in [4.69, 9.17) is 0 Å². The molecule has 0 N–H and O–H groups in total. The molecule has 0 fully saturated rings. The summed E-state index contributed by atoms with van der Waals surface area (Å²) in [5.41, 5.74) is 1.52. The van der Waals surface area contributed by atoms with Gasteiger partial charge in [-0.25, -0.2) is 9.97 Å². The zero-order chi connectivity index (χ0) is 9.68. The summed E-state index contributed by atoms with van der Waals surface area (Å²) < 4.78 is 0. The van der Waals surface area contributed by atoms with Gasteiger partial charge in [-0.2, -0.15) is 0 Å². The summed E-state index contributed by atoms with van der Waals surface area (Å²) in [5.74, 6) is 0.229. The highest BCUT2D eigenvalue weighted by molar-refractivity contribution is 5.81. The van der Waals surface area contributed by atoms with Crippen molar-refractivity contribution in [1.82, 2.24) is 9.97 Å². The van der Waals surface area contributed by atoms with Gasteiger partial charge in [-0.05, 0) is 23.6 Å². The summed E-state index contributed by atoms with van der Waals surface area (Å²) in [6.45, 7) is 3.95. The summed E-state index contributed by atoms with van der Waals surface area (Å²) in [5, 5.41) is 0. The van der Waals surface area contributed by atoms with E-state index in [-0.39, 0.29) is 5.92 Å². The second kappa shape index (κ2) is 4.50. The van der Waals surface area contributed by atoms with Crippen LogP contribution in [0.3, 0.4) is 0 Å². The minimum absolute atomic E-state index is 0.229. The van der Waals surface area contributed by atoms with Crippen LogP contribution in [-0.2, 0) is 4.79 Å². The number of carbonyl (C=O) groups is 1. The Morgan fingerprint density at radius 1 is 1.54 bits per heavy atom. The number of rotatable bonds is 3. The standard InChI is InChI=1S/C10H12N2O/c1-8(2)9(6-13)5-10-3-4-11-7-12-10/h3-8H,1-2H3. The lowest BCUT2D eigenvalue weighted by Gasteiger charge is -2.02. The maximum Gasteiger partial charge on any atom is 0.146 e. The number of hydrogen-bond acceptors (Lipinski definition) is 3. The van der Waals surface area contributed by atoms with Crippen LogP contribution in [0, 0.1) is 5.92 Å². The third-order valence-corrected chi connectivity index (χ3v) is 1.72. The normalized spacial score (nSPS) is 11.8. The van der Waals surface area contributed by atoms with Gasteiger partial charge in [-0.15, -0.1) is 0 Å². The Bertz CT molecular complexity index is 304. The Morgan fingerprint density at radius 3 is 2.77 bits per heavy atom. The van der Waals surface area contributed by atoms with Crippen molar-refractivity contribution < 1.29 is 4.79 Å². The maximum atomic E-state index is 10.6. The number of hydrogen-bond donors (Lipinski definition) is 0. The molecule has 0 unspecified atom stereocenters. The Kier molecular flexibility index (Phi) is 3.31. The highest BCUT2D eigenvalue weighted by atomic mass is 16.1. The van der Waals surface area contributed by atoms with E-state index in [1.807, 2.05) is 13.8 Å². The fourth-order valence-electron chi connectivity index (χ4n) is 0.894. The predicted molar refractivity (Wildman–Crippen MR) is 50.9 cm³/mol. The largest absolute Gasteiger partial charge is 0.298 e. The molecule has 0 bridgehead atoms. The van der Waals surface area contributed by atoms with Crippen molar-refractivity contribution in [2.45, 2.75) is 13.8 Å². The number of carbonyl (C=O) groups excluding carboxylic acids is 1. The molecule has 0 atom stereocenters. The Labute approximate surface area is 77.5 Å². The van der Waals surface area contributed by atoms with Crippen molar-refractivity contribution >= 4 is 12.4 Å². The molecular formula is C10H12N2O. The van der Waals surface area contributed by atoms with E-state index >= 15 is 0 Å². The van der Waals surface area contributed by atoms with Crippen molar-refractivity contribution in [2.75, 3.05) is 0 Å². The maximum absolute atomic E-state index is 10.6. The lowest BCUT2D eigenvalue weighted by Crippen LogP contribution is -1.95. The molecule has 0 aromatic carbocycles. The number of aromatic nitrogens is 2. The van der Waals surface area contributed by atoms with Crippen molar-refractivity contribution in [3.8, 4) is 0 Å². The van der Waals surface area contributed by atoms with Crippen LogP contribution in [0.15, 0.2) is 24.2 Å². The number of allylic oxidation sites excluding steroid dienone is 1. The molecule has 3 nitrogen and oxygen atoms in total. The molecule has 0 radical (unpaired) electrons. The topological polar surface area (TPSA) is 42.9 Å². The van der Waals surface area contributed by atoms with Gasteiger partial charge in [0.25, 0.3) is 0 Å². The summed E-state index contributed by atoms with van der Waals surface area (Å²) in [6.07, 6.45) is 5.77. The number of aldehydes is 1. The SMILES string of the molecule is CC(C)C(C=O)=Cc1ccncn1. The molecule has 1 rings (SSSR count). The third-order valence-electron chi connectivity index (χ3n) is 1.72. The lowest BCUT2D eigenvalue weighted by molar-refractivity contribution is -0.105. The van der Waals surface area contributed by atoms with Crippen LogP contribution < -0.4 is 0 Å². The molecule has 0 aliphatic carbocycles. The first kappa shape index (κ1) is 9.58. The molecule has 68 valence electrons. The smallest absolute Gasteiger partial charge is 0.146 e. The van der Waals surface area contributed by atoms with Crippen LogP contribution in [0.2, 0.25) is 0 Å². The van der Waals surface area contributed by atoms with Gasteiger partial charge < -0.3 is 0 Å². The van der Waals surface area contributed by atoms with Crippen LogP contribution in [-0.4, -0.2) is 16.3 Å². The highest BCUT2D eigenvalue weighted by Crippen LogP contribution is 2.10. The molecule has 0 aliphatic heterocycles. The van der Waals surface area contributed by atoms with Crippen LogP contribution in [0.4, 0.5) is 0 Å². The molecule has 1 heterocycles. The summed E-state index contributed by atoms with van der Waals surface area (Å²) >= 11 is 0. The zero-order valence-corrected chi connectivity index (χ0v) is 7.77. The molecule has 1 aromatic heterocycles. The average Bonchev–Trinajstić information content (AvgIpc) is 2.15. The Morgan fingerprint density at radius 2 is 2.31 bits per heavy atom. The molecule has 0 saturated carbocycles. The lowest BCUT2D eigenvalue weighted by atomic mass is 10.0.